The van der Waals surface area contributed by atoms with Crippen LogP contribution in [0.3, 0.4) is 0 Å². The molecule has 0 aliphatic heterocycles. The standard InChI is InChI=1S/C48H30N2S/c1-2-10-31(11-3-1)34-22-27-45-40(28-34)37-12-4-7-15-43(37)49(45)35-23-18-32(19-24-35)33-20-25-36(26-21-33)50-44-16-8-5-13-38(44)41-30-48-42(29-46(41)50)39-14-6-9-17-47(39)51-48/h1-30H. The molecule has 8 aromatic carbocycles. The van der Waals surface area contributed by atoms with Crippen molar-refractivity contribution in [2.45, 2.75) is 0 Å². The molecule has 0 fully saturated rings. The van der Waals surface area contributed by atoms with Crippen LogP contribution in [0, 0.1) is 0 Å². The Balaban J connectivity index is 0.987. The Kier molecular flexibility index (Phi) is 6.16. The highest BCUT2D eigenvalue weighted by Crippen LogP contribution is 2.41. The van der Waals surface area contributed by atoms with Crippen molar-refractivity contribution in [1.82, 2.24) is 9.13 Å². The van der Waals surface area contributed by atoms with Gasteiger partial charge in [-0.15, -0.1) is 11.3 Å². The van der Waals surface area contributed by atoms with Crippen LogP contribution < -0.4 is 0 Å². The van der Waals surface area contributed by atoms with Gasteiger partial charge in [0.2, 0.25) is 0 Å². The second-order valence-corrected chi connectivity index (χ2v) is 14.4. The maximum atomic E-state index is 2.43. The maximum absolute atomic E-state index is 2.43. The number of nitrogens with zero attached hydrogens (tertiary/aromatic N) is 2. The van der Waals surface area contributed by atoms with E-state index >= 15 is 0 Å². The molecule has 3 heterocycles. The summed E-state index contributed by atoms with van der Waals surface area (Å²) in [6.07, 6.45) is 0. The van der Waals surface area contributed by atoms with Crippen molar-refractivity contribution in [3.05, 3.63) is 182 Å². The molecular weight excluding hydrogens is 637 g/mol. The monoisotopic (exact) mass is 666 g/mol. The summed E-state index contributed by atoms with van der Waals surface area (Å²) in [6.45, 7) is 0. The Labute approximate surface area is 298 Å². The number of rotatable bonds is 4. The van der Waals surface area contributed by atoms with E-state index < -0.39 is 0 Å². The van der Waals surface area contributed by atoms with Crippen molar-refractivity contribution in [2.24, 2.45) is 0 Å². The van der Waals surface area contributed by atoms with Gasteiger partial charge in [-0.2, -0.15) is 0 Å². The summed E-state index contributed by atoms with van der Waals surface area (Å²) in [5, 5.41) is 7.77. The van der Waals surface area contributed by atoms with E-state index in [9.17, 15) is 0 Å². The molecule has 0 radical (unpaired) electrons. The minimum atomic E-state index is 1.16. The molecule has 0 unspecified atom stereocenters. The molecule has 0 atom stereocenters. The van der Waals surface area contributed by atoms with Gasteiger partial charge in [0, 0.05) is 53.1 Å². The van der Waals surface area contributed by atoms with Gasteiger partial charge in [0.25, 0.3) is 0 Å². The molecule has 0 spiro atoms. The lowest BCUT2D eigenvalue weighted by Gasteiger charge is -2.11. The molecule has 2 nitrogen and oxygen atoms in total. The predicted molar refractivity (Wildman–Crippen MR) is 219 cm³/mol. The Morgan fingerprint density at radius 1 is 0.275 bits per heavy atom. The van der Waals surface area contributed by atoms with Crippen molar-refractivity contribution in [1.29, 1.82) is 0 Å². The fraction of sp³-hybridized carbons (Fsp3) is 0. The summed E-state index contributed by atoms with van der Waals surface area (Å²) in [7, 11) is 0. The van der Waals surface area contributed by atoms with E-state index in [1.807, 2.05) is 11.3 Å². The molecule has 11 aromatic rings. The van der Waals surface area contributed by atoms with Crippen LogP contribution in [0.5, 0.6) is 0 Å². The lowest BCUT2D eigenvalue weighted by molar-refractivity contribution is 1.18. The van der Waals surface area contributed by atoms with Crippen molar-refractivity contribution in [2.75, 3.05) is 0 Å². The third kappa shape index (κ3) is 4.35. The van der Waals surface area contributed by atoms with E-state index in [1.54, 1.807) is 0 Å². The molecule has 238 valence electrons. The Bertz CT molecular complexity index is 3100. The molecule has 0 aliphatic carbocycles. The number of aromatic nitrogens is 2. The first kappa shape index (κ1) is 28.4. The number of thiophene rings is 1. The van der Waals surface area contributed by atoms with E-state index in [0.717, 1.165) is 5.69 Å². The van der Waals surface area contributed by atoms with Gasteiger partial charge in [-0.1, -0.05) is 115 Å². The van der Waals surface area contributed by atoms with Crippen molar-refractivity contribution >= 4 is 75.1 Å². The van der Waals surface area contributed by atoms with Crippen molar-refractivity contribution < 1.29 is 0 Å². The molecule has 0 aliphatic rings. The van der Waals surface area contributed by atoms with Gasteiger partial charge in [-0.3, -0.25) is 0 Å². The quantitative estimate of drug-likeness (QED) is 0.177. The first-order valence-corrected chi connectivity index (χ1v) is 18.2. The normalized spacial score (nSPS) is 11.9. The predicted octanol–water partition coefficient (Wildman–Crippen LogP) is 13.6. The molecule has 11 rings (SSSR count). The maximum Gasteiger partial charge on any atom is 0.0548 e. The minimum Gasteiger partial charge on any atom is -0.309 e. The lowest BCUT2D eigenvalue weighted by atomic mass is 10.0. The second-order valence-electron chi connectivity index (χ2n) is 13.4. The zero-order chi connectivity index (χ0) is 33.5. The molecule has 0 saturated carbocycles. The van der Waals surface area contributed by atoms with Crippen LogP contribution in [0.1, 0.15) is 0 Å². The van der Waals surface area contributed by atoms with Crippen molar-refractivity contribution in [3.8, 4) is 33.6 Å². The number of hydrogen-bond acceptors (Lipinski definition) is 1. The van der Waals surface area contributed by atoms with Crippen molar-refractivity contribution in [3.63, 3.8) is 0 Å². The topological polar surface area (TPSA) is 9.86 Å². The Morgan fingerprint density at radius 2 is 0.765 bits per heavy atom. The number of benzene rings is 8. The van der Waals surface area contributed by atoms with Gasteiger partial charge in [0.15, 0.2) is 0 Å². The van der Waals surface area contributed by atoms with E-state index in [-0.39, 0.29) is 0 Å². The van der Waals surface area contributed by atoms with Crippen LogP contribution >= 0.6 is 11.3 Å². The molecule has 3 heteroatoms. The number of hydrogen-bond donors (Lipinski definition) is 0. The van der Waals surface area contributed by atoms with E-state index in [2.05, 4.69) is 191 Å². The molecular formula is C48H30N2S. The Hall–Kier alpha value is -6.42. The summed E-state index contributed by atoms with van der Waals surface area (Å²) in [5.74, 6) is 0. The zero-order valence-corrected chi connectivity index (χ0v) is 28.4. The molecule has 0 amide bonds. The van der Waals surface area contributed by atoms with Gasteiger partial charge in [0.05, 0.1) is 22.1 Å². The first-order chi connectivity index (χ1) is 25.3. The zero-order valence-electron chi connectivity index (χ0n) is 27.6. The van der Waals surface area contributed by atoms with Crippen LogP contribution in [0.15, 0.2) is 182 Å². The van der Waals surface area contributed by atoms with Crippen LogP contribution in [-0.2, 0) is 0 Å². The highest BCUT2D eigenvalue weighted by molar-refractivity contribution is 7.25. The first-order valence-electron chi connectivity index (χ1n) is 17.4. The molecule has 0 bridgehead atoms. The average molecular weight is 667 g/mol. The third-order valence-electron chi connectivity index (χ3n) is 10.5. The summed E-state index contributed by atoms with van der Waals surface area (Å²) >= 11 is 1.88. The van der Waals surface area contributed by atoms with E-state index in [4.69, 9.17) is 0 Å². The summed E-state index contributed by atoms with van der Waals surface area (Å²) in [5.41, 5.74) is 12.1. The lowest BCUT2D eigenvalue weighted by Crippen LogP contribution is -1.94. The van der Waals surface area contributed by atoms with E-state index in [1.165, 1.54) is 91.7 Å². The molecule has 3 aromatic heterocycles. The SMILES string of the molecule is c1ccc(-c2ccc3c(c2)c2ccccc2n3-c2ccc(-c3ccc(-n4c5ccccc5c5cc6sc7ccccc7c6cc54)cc3)cc2)cc1. The highest BCUT2D eigenvalue weighted by Gasteiger charge is 2.16. The minimum absolute atomic E-state index is 1.16. The molecule has 51 heavy (non-hydrogen) atoms. The van der Waals surface area contributed by atoms with Gasteiger partial charge >= 0.3 is 0 Å². The van der Waals surface area contributed by atoms with Crippen LogP contribution in [0.4, 0.5) is 0 Å². The summed E-state index contributed by atoms with van der Waals surface area (Å²) in [4.78, 5) is 0. The number of fused-ring (bicyclic) bond motifs is 9. The largest absolute Gasteiger partial charge is 0.309 e. The van der Waals surface area contributed by atoms with Gasteiger partial charge in [-0.05, 0) is 89.0 Å². The fourth-order valence-electron chi connectivity index (χ4n) is 8.13. The van der Waals surface area contributed by atoms with Crippen LogP contribution in [0.25, 0.3) is 97.4 Å². The number of para-hydroxylation sites is 2. The average Bonchev–Trinajstić information content (AvgIpc) is 3.84. The fourth-order valence-corrected chi connectivity index (χ4v) is 9.26. The molecule has 0 saturated heterocycles. The second kappa shape index (κ2) is 11.0. The summed E-state index contributed by atoms with van der Waals surface area (Å²) in [6, 6.07) is 66.6. The third-order valence-corrected chi connectivity index (χ3v) is 11.7. The Morgan fingerprint density at radius 3 is 1.43 bits per heavy atom. The van der Waals surface area contributed by atoms with Gasteiger partial charge in [-0.25, -0.2) is 0 Å². The highest BCUT2D eigenvalue weighted by atomic mass is 32.1. The van der Waals surface area contributed by atoms with Crippen LogP contribution in [0.2, 0.25) is 0 Å². The van der Waals surface area contributed by atoms with Gasteiger partial charge < -0.3 is 9.13 Å². The van der Waals surface area contributed by atoms with Gasteiger partial charge in [0.1, 0.15) is 0 Å². The van der Waals surface area contributed by atoms with Crippen LogP contribution in [-0.4, -0.2) is 9.13 Å². The molecule has 0 N–H and O–H groups in total. The summed E-state index contributed by atoms with van der Waals surface area (Å²) < 4.78 is 7.49. The van der Waals surface area contributed by atoms with E-state index in [0.29, 0.717) is 0 Å². The smallest absolute Gasteiger partial charge is 0.0548 e.